The van der Waals surface area contributed by atoms with Crippen LogP contribution in [0, 0.1) is 13.8 Å². The first-order valence-electron chi connectivity index (χ1n) is 7.07. The molecule has 3 heteroatoms. The van der Waals surface area contributed by atoms with Gasteiger partial charge in [0.15, 0.2) is 0 Å². The largest absolute Gasteiger partial charge is 0.325 e. The van der Waals surface area contributed by atoms with Crippen molar-refractivity contribution in [2.24, 2.45) is 0 Å². The molecule has 0 unspecified atom stereocenters. The summed E-state index contributed by atoms with van der Waals surface area (Å²) in [6.45, 7) is 10.9. The van der Waals surface area contributed by atoms with Gasteiger partial charge in [0.25, 0.3) is 0 Å². The van der Waals surface area contributed by atoms with Crippen LogP contribution in [0.25, 0.3) is 0 Å². The first-order valence-corrected chi connectivity index (χ1v) is 8.27. The van der Waals surface area contributed by atoms with Crippen LogP contribution >= 0.6 is 23.5 Å². The summed E-state index contributed by atoms with van der Waals surface area (Å²) in [4.78, 5) is 1.05. The second-order valence-corrected chi connectivity index (χ2v) is 7.67. The zero-order valence-electron chi connectivity index (χ0n) is 13.3. The van der Waals surface area contributed by atoms with E-state index in [0.29, 0.717) is 0 Å². The van der Waals surface area contributed by atoms with Gasteiger partial charge < -0.3 is 4.72 Å². The molecule has 0 atom stereocenters. The normalized spacial score (nSPS) is 11.5. The molecular weight excluding hydrogens is 298 g/mol. The summed E-state index contributed by atoms with van der Waals surface area (Å²) < 4.78 is 3.41. The number of anilines is 1. The third kappa shape index (κ3) is 4.18. The highest BCUT2D eigenvalue weighted by Crippen LogP contribution is 2.32. The van der Waals surface area contributed by atoms with Crippen molar-refractivity contribution in [3.05, 3.63) is 58.1 Å². The zero-order valence-corrected chi connectivity index (χ0v) is 14.8. The Hall–Kier alpha value is -1.12. The van der Waals surface area contributed by atoms with Gasteiger partial charge in [0.2, 0.25) is 0 Å². The van der Waals surface area contributed by atoms with Crippen LogP contribution in [0.5, 0.6) is 0 Å². The van der Waals surface area contributed by atoms with Crippen molar-refractivity contribution in [1.82, 2.24) is 0 Å². The minimum absolute atomic E-state index is 0.177. The number of nitrogens with one attached hydrogen (secondary N) is 1. The number of hydrogen-bond donors (Lipinski definition) is 1. The molecule has 0 aliphatic carbocycles. The van der Waals surface area contributed by atoms with Gasteiger partial charge >= 0.3 is 0 Å². The molecule has 0 saturated carbocycles. The molecule has 0 amide bonds. The average molecular weight is 320 g/mol. The van der Waals surface area contributed by atoms with Crippen LogP contribution in [0.4, 0.5) is 5.69 Å². The van der Waals surface area contributed by atoms with Crippen LogP contribution in [0.2, 0.25) is 5.02 Å². The van der Waals surface area contributed by atoms with Gasteiger partial charge in [-0.1, -0.05) is 50.6 Å². The molecule has 2 rings (SSSR count). The van der Waals surface area contributed by atoms with E-state index in [0.717, 1.165) is 15.6 Å². The monoisotopic (exact) mass is 319 g/mol. The summed E-state index contributed by atoms with van der Waals surface area (Å²) in [5, 5.41) is 0.780. The van der Waals surface area contributed by atoms with Crippen LogP contribution in [0.15, 0.2) is 41.3 Å². The molecule has 0 bridgehead atoms. The maximum atomic E-state index is 6.23. The molecule has 1 nitrogen and oxygen atoms in total. The molecule has 2 aromatic carbocycles. The number of rotatable bonds is 3. The van der Waals surface area contributed by atoms with E-state index >= 15 is 0 Å². The summed E-state index contributed by atoms with van der Waals surface area (Å²) in [7, 11) is 0. The van der Waals surface area contributed by atoms with E-state index in [2.05, 4.69) is 63.6 Å². The lowest BCUT2D eigenvalue weighted by Crippen LogP contribution is -2.11. The Bertz CT molecular complexity index is 644. The summed E-state index contributed by atoms with van der Waals surface area (Å²) in [5.41, 5.74) is 5.12. The fourth-order valence-electron chi connectivity index (χ4n) is 2.04. The number of hydrogen-bond acceptors (Lipinski definition) is 2. The van der Waals surface area contributed by atoms with E-state index in [1.807, 2.05) is 12.1 Å². The molecule has 0 fully saturated rings. The van der Waals surface area contributed by atoms with E-state index < -0.39 is 0 Å². The number of aryl methyl sites for hydroxylation is 2. The smallest absolute Gasteiger partial charge is 0.0559 e. The molecule has 0 spiro atoms. The molecule has 0 aromatic heterocycles. The zero-order chi connectivity index (χ0) is 15.6. The average Bonchev–Trinajstić information content (AvgIpc) is 2.40. The molecule has 21 heavy (non-hydrogen) atoms. The molecule has 1 N–H and O–H groups in total. The Kier molecular flexibility index (Phi) is 4.90. The van der Waals surface area contributed by atoms with E-state index in [4.69, 9.17) is 11.6 Å². The standard InChI is InChI=1S/C18H22ClNS/c1-12-6-8-15(19)17(10-12)21-20-16-9-7-14(11-13(16)2)18(3,4)5/h6-11,20H,1-5H3. The van der Waals surface area contributed by atoms with Gasteiger partial charge in [0, 0.05) is 10.6 Å². The lowest BCUT2D eigenvalue weighted by molar-refractivity contribution is 0.590. The van der Waals surface area contributed by atoms with Crippen LogP contribution in [0.1, 0.15) is 37.5 Å². The van der Waals surface area contributed by atoms with Gasteiger partial charge in [0.1, 0.15) is 0 Å². The van der Waals surface area contributed by atoms with Crippen LogP contribution < -0.4 is 4.72 Å². The quantitative estimate of drug-likeness (QED) is 0.659. The highest BCUT2D eigenvalue weighted by molar-refractivity contribution is 8.00. The van der Waals surface area contributed by atoms with Gasteiger partial charge in [-0.25, -0.2) is 0 Å². The highest BCUT2D eigenvalue weighted by atomic mass is 35.5. The first kappa shape index (κ1) is 16.3. The van der Waals surface area contributed by atoms with E-state index in [-0.39, 0.29) is 5.41 Å². The van der Waals surface area contributed by atoms with Crippen molar-refractivity contribution in [1.29, 1.82) is 0 Å². The van der Waals surface area contributed by atoms with Crippen molar-refractivity contribution in [2.45, 2.75) is 44.9 Å². The molecule has 0 aliphatic rings. The summed E-state index contributed by atoms with van der Waals surface area (Å²) >= 11 is 7.79. The third-order valence-corrected chi connectivity index (χ3v) is 4.77. The molecule has 0 aliphatic heterocycles. The van der Waals surface area contributed by atoms with E-state index in [9.17, 15) is 0 Å². The SMILES string of the molecule is Cc1ccc(Cl)c(SNc2ccc(C(C)(C)C)cc2C)c1. The highest BCUT2D eigenvalue weighted by Gasteiger charge is 2.14. The molecule has 0 radical (unpaired) electrons. The van der Waals surface area contributed by atoms with Crippen LogP contribution in [-0.2, 0) is 5.41 Å². The van der Waals surface area contributed by atoms with E-state index in [1.165, 1.54) is 16.7 Å². The Morgan fingerprint density at radius 2 is 1.71 bits per heavy atom. The fourth-order valence-corrected chi connectivity index (χ4v) is 3.14. The Morgan fingerprint density at radius 1 is 1.00 bits per heavy atom. The minimum atomic E-state index is 0.177. The number of benzene rings is 2. The van der Waals surface area contributed by atoms with Crippen molar-refractivity contribution in [3.63, 3.8) is 0 Å². The van der Waals surface area contributed by atoms with Gasteiger partial charge in [-0.2, -0.15) is 0 Å². The Labute approximate surface area is 137 Å². The van der Waals surface area contributed by atoms with Gasteiger partial charge in [-0.05, 0) is 66.1 Å². The van der Waals surface area contributed by atoms with Crippen molar-refractivity contribution in [3.8, 4) is 0 Å². The maximum Gasteiger partial charge on any atom is 0.0559 e. The minimum Gasteiger partial charge on any atom is -0.325 e. The predicted molar refractivity (Wildman–Crippen MR) is 95.5 cm³/mol. The van der Waals surface area contributed by atoms with Crippen molar-refractivity contribution in [2.75, 3.05) is 4.72 Å². The Morgan fingerprint density at radius 3 is 2.33 bits per heavy atom. The van der Waals surface area contributed by atoms with Crippen LogP contribution in [-0.4, -0.2) is 0 Å². The second kappa shape index (κ2) is 6.33. The molecule has 2 aromatic rings. The summed E-state index contributed by atoms with van der Waals surface area (Å²) in [6, 6.07) is 12.6. The summed E-state index contributed by atoms with van der Waals surface area (Å²) in [5.74, 6) is 0. The fraction of sp³-hybridized carbons (Fsp3) is 0.333. The van der Waals surface area contributed by atoms with Crippen molar-refractivity contribution < 1.29 is 0 Å². The summed E-state index contributed by atoms with van der Waals surface area (Å²) in [6.07, 6.45) is 0. The third-order valence-electron chi connectivity index (χ3n) is 3.45. The lowest BCUT2D eigenvalue weighted by Gasteiger charge is -2.21. The topological polar surface area (TPSA) is 12.0 Å². The van der Waals surface area contributed by atoms with Crippen molar-refractivity contribution >= 4 is 29.2 Å². The predicted octanol–water partition coefficient (Wildman–Crippen LogP) is 6.37. The van der Waals surface area contributed by atoms with Gasteiger partial charge in [-0.15, -0.1) is 0 Å². The lowest BCUT2D eigenvalue weighted by atomic mass is 9.86. The molecule has 112 valence electrons. The Balaban J connectivity index is 2.15. The molecular formula is C18H22ClNS. The van der Waals surface area contributed by atoms with Crippen LogP contribution in [0.3, 0.4) is 0 Å². The van der Waals surface area contributed by atoms with Gasteiger partial charge in [0.05, 0.1) is 5.02 Å². The first-order chi connectivity index (χ1) is 9.77. The maximum absolute atomic E-state index is 6.23. The second-order valence-electron chi connectivity index (χ2n) is 6.42. The number of halogens is 1. The molecule has 0 saturated heterocycles. The van der Waals surface area contributed by atoms with Gasteiger partial charge in [-0.3, -0.25) is 0 Å². The molecule has 0 heterocycles. The van der Waals surface area contributed by atoms with E-state index in [1.54, 1.807) is 11.9 Å².